The fourth-order valence-corrected chi connectivity index (χ4v) is 4.36. The number of hydrogen-bond acceptors (Lipinski definition) is 3. The van der Waals surface area contributed by atoms with E-state index in [-0.39, 0.29) is 0 Å². The fourth-order valence-electron chi connectivity index (χ4n) is 4.36. The van der Waals surface area contributed by atoms with Gasteiger partial charge in [0.1, 0.15) is 0 Å². The van der Waals surface area contributed by atoms with Gasteiger partial charge in [0.2, 0.25) is 0 Å². The monoisotopic (exact) mass is 439 g/mol. The smallest absolute Gasteiger partial charge is 0.0916 e. The van der Waals surface area contributed by atoms with Crippen LogP contribution < -0.4 is 0 Å². The van der Waals surface area contributed by atoms with Crippen LogP contribution in [-0.4, -0.2) is 50.4 Å². The maximum Gasteiger partial charge on any atom is 0.0916 e. The number of benzene rings is 1. The van der Waals surface area contributed by atoms with E-state index in [4.69, 9.17) is 13.0 Å². The van der Waals surface area contributed by atoms with Crippen LogP contribution in [0.2, 0.25) is 0 Å². The Kier molecular flexibility index (Phi) is 12.8. The van der Waals surface area contributed by atoms with Gasteiger partial charge in [-0.25, -0.2) is 8.42 Å². The molecule has 30 heavy (non-hydrogen) atoms. The Morgan fingerprint density at radius 3 is 1.87 bits per heavy atom. The summed E-state index contributed by atoms with van der Waals surface area (Å²) >= 11 is 0. The van der Waals surface area contributed by atoms with Crippen LogP contribution in [0, 0.1) is 0 Å². The third-order valence-corrected chi connectivity index (χ3v) is 6.38. The molecule has 0 bridgehead atoms. The first kappa shape index (κ1) is 27.1. The lowest BCUT2D eigenvalue weighted by atomic mass is 9.92. The molecule has 0 atom stereocenters. The highest BCUT2D eigenvalue weighted by Gasteiger charge is 2.29. The van der Waals surface area contributed by atoms with Crippen molar-refractivity contribution in [3.63, 3.8) is 0 Å². The van der Waals surface area contributed by atoms with Gasteiger partial charge in [0.15, 0.2) is 0 Å². The van der Waals surface area contributed by atoms with Gasteiger partial charge in [0.05, 0.1) is 36.8 Å². The van der Waals surface area contributed by atoms with E-state index >= 15 is 0 Å². The van der Waals surface area contributed by atoms with Crippen LogP contribution in [0.15, 0.2) is 24.3 Å². The van der Waals surface area contributed by atoms with Gasteiger partial charge >= 0.3 is 0 Å². The largest absolute Gasteiger partial charge is 0.748 e. The third-order valence-electron chi connectivity index (χ3n) is 6.38. The predicted octanol–water partition coefficient (Wildman–Crippen LogP) is 5.70. The van der Waals surface area contributed by atoms with E-state index in [9.17, 15) is 0 Å². The maximum absolute atomic E-state index is 9.08. The Bertz CT molecular complexity index is 654. The molecule has 0 radical (unpaired) electrons. The summed E-state index contributed by atoms with van der Waals surface area (Å²) in [5.41, 5.74) is 3.05. The second kappa shape index (κ2) is 14.2. The van der Waals surface area contributed by atoms with E-state index in [2.05, 4.69) is 45.3 Å². The predicted molar refractivity (Wildman–Crippen MR) is 127 cm³/mol. The Balaban J connectivity index is 0.000000804. The minimum Gasteiger partial charge on any atom is -0.748 e. The number of nitrogens with zero attached hydrogens (tertiary/aromatic N) is 1. The number of hydrogen-bond donors (Lipinski definition) is 0. The molecule has 0 heterocycles. The molecule has 1 fully saturated rings. The van der Waals surface area contributed by atoms with Crippen LogP contribution in [-0.2, 0) is 23.0 Å². The van der Waals surface area contributed by atoms with E-state index in [1.54, 1.807) is 0 Å². The molecule has 0 unspecified atom stereocenters. The molecule has 0 saturated heterocycles. The number of likely N-dealkylation sites (N-methyl/N-ethyl adjacent to an activating group) is 1. The standard InChI is InChI=1S/C24H42N.CH4O3S/c1-4-5-6-7-8-10-13-22-16-18-23(19-17-22)20-21-25(2,3)24-14-11-9-12-15-24;1-5(2,3)4/h16-19,24H,4-15,20-21H2,1-3H3;1H3,(H,2,3,4)/q+1;/p-1. The van der Waals surface area contributed by atoms with Crippen LogP contribution in [0.3, 0.4) is 0 Å². The van der Waals surface area contributed by atoms with Crippen LogP contribution in [0.1, 0.15) is 88.7 Å². The molecule has 1 aromatic carbocycles. The second-order valence-corrected chi connectivity index (χ2v) is 11.0. The van der Waals surface area contributed by atoms with Gasteiger partial charge in [0.25, 0.3) is 0 Å². The van der Waals surface area contributed by atoms with Gasteiger partial charge < -0.3 is 9.04 Å². The summed E-state index contributed by atoms with van der Waals surface area (Å²) in [6.07, 6.45) is 18.6. The molecule has 0 amide bonds. The van der Waals surface area contributed by atoms with E-state index in [1.165, 1.54) is 106 Å². The lowest BCUT2D eigenvalue weighted by molar-refractivity contribution is -0.916. The molecular formula is C25H45NO3S. The van der Waals surface area contributed by atoms with Crippen molar-refractivity contribution >= 4 is 10.1 Å². The molecule has 5 heteroatoms. The summed E-state index contributed by atoms with van der Waals surface area (Å²) in [6.45, 7) is 3.57. The first-order valence-corrected chi connectivity index (χ1v) is 13.7. The minimum absolute atomic E-state index is 0.604. The molecule has 0 spiro atoms. The zero-order valence-corrected chi connectivity index (χ0v) is 20.7. The fraction of sp³-hybridized carbons (Fsp3) is 0.760. The molecule has 0 aromatic heterocycles. The van der Waals surface area contributed by atoms with E-state index < -0.39 is 10.1 Å². The van der Waals surface area contributed by atoms with Crippen LogP contribution in [0.4, 0.5) is 0 Å². The molecule has 174 valence electrons. The second-order valence-electron chi connectivity index (χ2n) is 9.58. The van der Waals surface area contributed by atoms with E-state index in [0.29, 0.717) is 6.26 Å². The van der Waals surface area contributed by atoms with Crippen molar-refractivity contribution in [2.24, 2.45) is 0 Å². The van der Waals surface area contributed by atoms with Gasteiger partial charge in [0, 0.05) is 12.7 Å². The number of unbranched alkanes of at least 4 members (excludes halogenated alkanes) is 5. The minimum atomic E-state index is -3.92. The Morgan fingerprint density at radius 2 is 1.33 bits per heavy atom. The number of aryl methyl sites for hydroxylation is 1. The normalized spacial score (nSPS) is 15.5. The Hall–Kier alpha value is -0.910. The average Bonchev–Trinajstić information content (AvgIpc) is 2.69. The first-order valence-electron chi connectivity index (χ1n) is 11.9. The molecule has 1 aliphatic carbocycles. The van der Waals surface area contributed by atoms with E-state index in [0.717, 1.165) is 6.04 Å². The summed E-state index contributed by atoms with van der Waals surface area (Å²) in [5, 5.41) is 0. The highest BCUT2D eigenvalue weighted by molar-refractivity contribution is 7.84. The summed E-state index contributed by atoms with van der Waals surface area (Å²) in [6, 6.07) is 10.4. The van der Waals surface area contributed by atoms with Gasteiger partial charge in [-0.15, -0.1) is 0 Å². The van der Waals surface area contributed by atoms with Crippen molar-refractivity contribution in [3.05, 3.63) is 35.4 Å². The van der Waals surface area contributed by atoms with Crippen molar-refractivity contribution in [1.82, 2.24) is 0 Å². The third kappa shape index (κ3) is 13.4. The SMILES string of the molecule is CCCCCCCCc1ccc(CC[N+](C)(C)C2CCCCC2)cc1.CS(=O)(=O)[O-]. The van der Waals surface area contributed by atoms with Crippen molar-refractivity contribution < 1.29 is 17.5 Å². The van der Waals surface area contributed by atoms with Crippen molar-refractivity contribution in [3.8, 4) is 0 Å². The molecular weight excluding hydrogens is 394 g/mol. The summed E-state index contributed by atoms with van der Waals surface area (Å²) in [4.78, 5) is 0. The summed E-state index contributed by atoms with van der Waals surface area (Å²) in [5.74, 6) is 0. The quantitative estimate of drug-likeness (QED) is 0.252. The van der Waals surface area contributed by atoms with Crippen molar-refractivity contribution in [2.75, 3.05) is 26.9 Å². The van der Waals surface area contributed by atoms with E-state index in [1.807, 2.05) is 0 Å². The zero-order chi connectivity index (χ0) is 22.5. The average molecular weight is 440 g/mol. The van der Waals surface area contributed by atoms with Gasteiger partial charge in [-0.2, -0.15) is 0 Å². The highest BCUT2D eigenvalue weighted by Crippen LogP contribution is 2.26. The number of quaternary nitrogens is 1. The Morgan fingerprint density at radius 1 is 0.867 bits per heavy atom. The lowest BCUT2D eigenvalue weighted by Gasteiger charge is -2.40. The van der Waals surface area contributed by atoms with Gasteiger partial charge in [-0.1, -0.05) is 69.7 Å². The highest BCUT2D eigenvalue weighted by atomic mass is 32.2. The molecule has 1 aromatic rings. The van der Waals surface area contributed by atoms with Crippen LogP contribution in [0.25, 0.3) is 0 Å². The molecule has 1 saturated carbocycles. The van der Waals surface area contributed by atoms with Crippen molar-refractivity contribution in [1.29, 1.82) is 0 Å². The molecule has 0 aliphatic heterocycles. The van der Waals surface area contributed by atoms with Gasteiger partial charge in [-0.05, 0) is 49.7 Å². The number of rotatable bonds is 11. The Labute approximate surface area is 186 Å². The van der Waals surface area contributed by atoms with Crippen molar-refractivity contribution in [2.45, 2.75) is 96.4 Å². The summed E-state index contributed by atoms with van der Waals surface area (Å²) in [7, 11) is 0.978. The molecule has 2 rings (SSSR count). The van der Waals surface area contributed by atoms with Crippen LogP contribution >= 0.6 is 0 Å². The summed E-state index contributed by atoms with van der Waals surface area (Å²) < 4.78 is 28.4. The molecule has 0 N–H and O–H groups in total. The van der Waals surface area contributed by atoms with Gasteiger partial charge in [-0.3, -0.25) is 0 Å². The molecule has 4 nitrogen and oxygen atoms in total. The maximum atomic E-state index is 9.08. The first-order chi connectivity index (χ1) is 14.1. The zero-order valence-electron chi connectivity index (χ0n) is 19.9. The lowest BCUT2D eigenvalue weighted by Crippen LogP contribution is -2.50. The van der Waals surface area contributed by atoms with Crippen LogP contribution in [0.5, 0.6) is 0 Å². The topological polar surface area (TPSA) is 57.2 Å². The molecule has 1 aliphatic rings.